The predicted octanol–water partition coefficient (Wildman–Crippen LogP) is 4.50. The number of primary amides is 1. The van der Waals surface area contributed by atoms with Gasteiger partial charge in [-0.25, -0.2) is 22.9 Å². The minimum absolute atomic E-state index is 0.0257. The van der Waals surface area contributed by atoms with Gasteiger partial charge in [-0.05, 0) is 37.7 Å². The Morgan fingerprint density at radius 3 is 2.61 bits per heavy atom. The van der Waals surface area contributed by atoms with Gasteiger partial charge in [0.25, 0.3) is 11.8 Å². The zero-order chi connectivity index (χ0) is 29.1. The second-order valence-electron chi connectivity index (χ2n) is 11.6. The Morgan fingerprint density at radius 2 is 1.93 bits per heavy atom. The third-order valence-corrected chi connectivity index (χ3v) is 8.73. The van der Waals surface area contributed by atoms with E-state index in [1.165, 1.54) is 4.90 Å². The number of halogens is 3. The molecule has 4 heterocycles. The molecule has 220 valence electrons. The average molecular weight is 575 g/mol. The van der Waals surface area contributed by atoms with E-state index in [-0.39, 0.29) is 42.3 Å². The number of ether oxygens (including phenoxy) is 1. The Balaban J connectivity index is 1.37. The Labute approximate surface area is 234 Å². The monoisotopic (exact) mass is 574 g/mol. The molecule has 3 aromatic rings. The van der Waals surface area contributed by atoms with Crippen molar-refractivity contribution in [3.05, 3.63) is 46.4 Å². The van der Waals surface area contributed by atoms with Crippen LogP contribution in [0.1, 0.15) is 77.8 Å². The Morgan fingerprint density at radius 1 is 1.20 bits per heavy atom. The van der Waals surface area contributed by atoms with Crippen molar-refractivity contribution in [2.24, 2.45) is 17.6 Å². The number of H-pyrrole nitrogens is 1. The van der Waals surface area contributed by atoms with Crippen LogP contribution in [0.15, 0.2) is 16.7 Å². The van der Waals surface area contributed by atoms with Gasteiger partial charge in [0, 0.05) is 12.1 Å². The smallest absolute Gasteiger partial charge is 0.321 e. The van der Waals surface area contributed by atoms with Gasteiger partial charge in [0.15, 0.2) is 11.6 Å². The number of amides is 3. The number of fused-ring (bicyclic) bond motifs is 1. The third-order valence-electron chi connectivity index (χ3n) is 8.73. The van der Waals surface area contributed by atoms with E-state index >= 15 is 4.39 Å². The molecule has 1 aromatic carbocycles. The molecular weight excluding hydrogens is 541 g/mol. The Bertz CT molecular complexity index is 1470. The average Bonchev–Trinajstić information content (AvgIpc) is 3.53. The number of likely N-dealkylation sites (tertiary alicyclic amines) is 1. The molecule has 2 saturated heterocycles. The molecule has 1 saturated carbocycles. The van der Waals surface area contributed by atoms with Crippen LogP contribution >= 0.6 is 0 Å². The lowest BCUT2D eigenvalue weighted by atomic mass is 9.74. The van der Waals surface area contributed by atoms with E-state index in [1.807, 2.05) is 0 Å². The lowest BCUT2D eigenvalue weighted by Gasteiger charge is -2.44. The fraction of sp³-hybridized carbons (Fsp3) is 0.571. The molecule has 3 fully saturated rings. The molecule has 1 aliphatic carbocycles. The number of alkyl halides is 2. The molecule has 0 radical (unpaired) electrons. The first-order valence-electron chi connectivity index (χ1n) is 14.0. The number of hydrogen-bond donors (Lipinski definition) is 2. The topological polar surface area (TPSA) is 131 Å². The number of nitrogens with two attached hydrogens (primary N) is 1. The van der Waals surface area contributed by atoms with Gasteiger partial charge in [-0.2, -0.15) is 0 Å². The molecular formula is C28H33F3N6O4. The summed E-state index contributed by atoms with van der Waals surface area (Å²) in [4.78, 5) is 35.7. The molecule has 0 spiro atoms. The number of aryl methyl sites for hydroxylation is 1. The number of nitrogens with zero attached hydrogens (tertiary/aromatic N) is 4. The minimum atomic E-state index is -2.91. The van der Waals surface area contributed by atoms with Crippen LogP contribution in [0.25, 0.3) is 11.0 Å². The predicted molar refractivity (Wildman–Crippen MR) is 141 cm³/mol. The minimum Gasteiger partial charge on any atom is -0.377 e. The summed E-state index contributed by atoms with van der Waals surface area (Å²) >= 11 is 0. The maximum absolute atomic E-state index is 16.2. The molecule has 13 heteroatoms. The van der Waals surface area contributed by atoms with E-state index in [1.54, 1.807) is 19.1 Å². The summed E-state index contributed by atoms with van der Waals surface area (Å²) in [5, 5.41) is 4.01. The molecule has 1 unspecified atom stereocenters. The highest BCUT2D eigenvalue weighted by molar-refractivity contribution is 5.95. The van der Waals surface area contributed by atoms with Crippen molar-refractivity contribution in [1.82, 2.24) is 24.9 Å². The van der Waals surface area contributed by atoms with Crippen LogP contribution in [0.2, 0.25) is 0 Å². The summed E-state index contributed by atoms with van der Waals surface area (Å²) in [5.41, 5.74) is 6.98. The molecule has 41 heavy (non-hydrogen) atoms. The van der Waals surface area contributed by atoms with Crippen molar-refractivity contribution in [2.75, 3.05) is 32.8 Å². The van der Waals surface area contributed by atoms with Gasteiger partial charge in [-0.15, -0.1) is 0 Å². The number of rotatable bonds is 5. The summed E-state index contributed by atoms with van der Waals surface area (Å²) in [6.07, 6.45) is 3.71. The van der Waals surface area contributed by atoms with Crippen molar-refractivity contribution < 1.29 is 32.0 Å². The normalized spacial score (nSPS) is 25.2. The SMILES string of the molecule is Cc1noc([C@H](c2nc3c(F)c(C4COCCN4C(=O)N4CC(F)(F)C4)ccc3[nH]2)C2CCC(C)CC2)c1C(N)=O. The number of aromatic amines is 1. The summed E-state index contributed by atoms with van der Waals surface area (Å²) in [6.45, 7) is 2.94. The van der Waals surface area contributed by atoms with Crippen molar-refractivity contribution in [1.29, 1.82) is 0 Å². The molecule has 2 aromatic heterocycles. The molecule has 2 aliphatic heterocycles. The number of carbonyl (C=O) groups excluding carboxylic acids is 2. The van der Waals surface area contributed by atoms with Crippen LogP contribution < -0.4 is 5.73 Å². The first-order valence-corrected chi connectivity index (χ1v) is 14.0. The van der Waals surface area contributed by atoms with Crippen LogP contribution in [0, 0.1) is 24.6 Å². The first-order chi connectivity index (χ1) is 19.5. The lowest BCUT2D eigenvalue weighted by molar-refractivity contribution is -0.118. The van der Waals surface area contributed by atoms with Crippen LogP contribution in [0.4, 0.5) is 18.0 Å². The van der Waals surface area contributed by atoms with Crippen molar-refractivity contribution >= 4 is 23.0 Å². The number of nitrogens with one attached hydrogen (secondary N) is 1. The zero-order valence-corrected chi connectivity index (χ0v) is 23.0. The Kier molecular flexibility index (Phi) is 6.95. The van der Waals surface area contributed by atoms with Gasteiger partial charge in [0.1, 0.15) is 16.9 Å². The molecule has 3 amide bonds. The van der Waals surface area contributed by atoms with Gasteiger partial charge < -0.3 is 29.8 Å². The first kappa shape index (κ1) is 27.6. The highest BCUT2D eigenvalue weighted by Crippen LogP contribution is 2.43. The van der Waals surface area contributed by atoms with Crippen LogP contribution in [-0.4, -0.2) is 75.6 Å². The van der Waals surface area contributed by atoms with Gasteiger partial charge >= 0.3 is 6.03 Å². The number of carbonyl (C=O) groups is 2. The van der Waals surface area contributed by atoms with E-state index in [0.717, 1.165) is 30.6 Å². The number of imidazole rings is 1. The summed E-state index contributed by atoms with van der Waals surface area (Å²) < 4.78 is 54.3. The number of morpholine rings is 1. The maximum Gasteiger partial charge on any atom is 0.321 e. The number of hydrogen-bond acceptors (Lipinski definition) is 6. The van der Waals surface area contributed by atoms with Gasteiger partial charge in [0.2, 0.25) is 0 Å². The molecule has 0 bridgehead atoms. The fourth-order valence-corrected chi connectivity index (χ4v) is 6.48. The Hall–Kier alpha value is -3.61. The lowest BCUT2D eigenvalue weighted by Crippen LogP contribution is -2.62. The van der Waals surface area contributed by atoms with Crippen molar-refractivity contribution in [3.63, 3.8) is 0 Å². The van der Waals surface area contributed by atoms with E-state index in [4.69, 9.17) is 15.0 Å². The van der Waals surface area contributed by atoms with Crippen molar-refractivity contribution in [3.8, 4) is 0 Å². The maximum atomic E-state index is 16.2. The summed E-state index contributed by atoms with van der Waals surface area (Å²) in [7, 11) is 0. The quantitative estimate of drug-likeness (QED) is 0.462. The van der Waals surface area contributed by atoms with E-state index in [0.29, 0.717) is 28.7 Å². The molecule has 10 nitrogen and oxygen atoms in total. The second kappa shape index (κ2) is 10.3. The standard InChI is InChI=1S/C28H33F3N6O4/c1-14-3-5-16(6-4-14)21(24-20(25(32)38)15(2)35-41-24)26-33-18-8-7-17(22(29)23(18)34-26)19-11-40-10-9-37(19)27(39)36-12-28(30,31)13-36/h7-8,14,16,19,21H,3-6,9-13H2,1-2H3,(H2,32,38)(H,33,34)/t14?,16?,19?,21-/m1/s1. The highest BCUT2D eigenvalue weighted by Gasteiger charge is 2.49. The molecule has 3 N–H and O–H groups in total. The number of urea groups is 1. The highest BCUT2D eigenvalue weighted by atomic mass is 19.3. The largest absolute Gasteiger partial charge is 0.377 e. The van der Waals surface area contributed by atoms with Crippen LogP contribution in [-0.2, 0) is 4.74 Å². The van der Waals surface area contributed by atoms with Gasteiger partial charge in [-0.3, -0.25) is 4.79 Å². The van der Waals surface area contributed by atoms with E-state index in [9.17, 15) is 18.4 Å². The number of aromatic nitrogens is 3. The van der Waals surface area contributed by atoms with Gasteiger partial charge in [-0.1, -0.05) is 31.0 Å². The molecule has 2 atom stereocenters. The van der Waals surface area contributed by atoms with Crippen molar-refractivity contribution in [2.45, 2.75) is 57.4 Å². The molecule has 3 aliphatic rings. The second-order valence-corrected chi connectivity index (χ2v) is 11.6. The zero-order valence-electron chi connectivity index (χ0n) is 23.0. The van der Waals surface area contributed by atoms with Gasteiger partial charge in [0.05, 0.1) is 49.5 Å². The fourth-order valence-electron chi connectivity index (χ4n) is 6.48. The number of benzene rings is 1. The summed E-state index contributed by atoms with van der Waals surface area (Å²) in [6, 6.07) is 1.87. The van der Waals surface area contributed by atoms with E-state index in [2.05, 4.69) is 22.0 Å². The third kappa shape index (κ3) is 4.93. The van der Waals surface area contributed by atoms with E-state index < -0.39 is 48.7 Å². The van der Waals surface area contributed by atoms with Crippen LogP contribution in [0.5, 0.6) is 0 Å². The molecule has 6 rings (SSSR count). The summed E-state index contributed by atoms with van der Waals surface area (Å²) in [5.74, 6) is -3.30. The van der Waals surface area contributed by atoms with Crippen LogP contribution in [0.3, 0.4) is 0 Å².